The van der Waals surface area contributed by atoms with E-state index >= 15 is 0 Å². The van der Waals surface area contributed by atoms with Crippen molar-refractivity contribution in [2.75, 3.05) is 5.32 Å². The fraction of sp³-hybridized carbons (Fsp3) is 0.111. The quantitative estimate of drug-likeness (QED) is 0.530. The summed E-state index contributed by atoms with van der Waals surface area (Å²) < 4.78 is 1.28. The van der Waals surface area contributed by atoms with Crippen molar-refractivity contribution < 1.29 is 0 Å². The first kappa shape index (κ1) is 14.6. The Morgan fingerprint density at radius 3 is 2.57 bits per heavy atom. The van der Waals surface area contributed by atoms with Gasteiger partial charge in [0.05, 0.1) is 0 Å². The predicted octanol–water partition coefficient (Wildman–Crippen LogP) is 5.94. The third-order valence-corrected chi connectivity index (χ3v) is 5.17. The summed E-state index contributed by atoms with van der Waals surface area (Å²) in [5, 5.41) is 3.53. The second-order valence-corrected chi connectivity index (χ2v) is 7.36. The first-order valence-electron chi connectivity index (χ1n) is 6.86. The average Bonchev–Trinajstić information content (AvgIpc) is 2.96. The third kappa shape index (κ3) is 3.66. The standard InChI is InChI=1S/C18H16INS/c1-13-11-15(19)7-9-17(13)20-12-16-8-10-18(21-16)14-5-3-2-4-6-14/h2-11,20H,12H2,1H3. The smallest absolute Gasteiger partial charge is 0.0494 e. The van der Waals surface area contributed by atoms with E-state index in [1.54, 1.807) is 0 Å². The Balaban J connectivity index is 1.70. The Bertz CT molecular complexity index is 734. The van der Waals surface area contributed by atoms with E-state index in [-0.39, 0.29) is 0 Å². The van der Waals surface area contributed by atoms with Gasteiger partial charge in [0.2, 0.25) is 0 Å². The number of benzene rings is 2. The highest BCUT2D eigenvalue weighted by Gasteiger charge is 2.03. The fourth-order valence-corrected chi connectivity index (χ4v) is 3.84. The van der Waals surface area contributed by atoms with Crippen LogP contribution < -0.4 is 5.32 Å². The number of anilines is 1. The van der Waals surface area contributed by atoms with Gasteiger partial charge in [0.25, 0.3) is 0 Å². The van der Waals surface area contributed by atoms with Crippen LogP contribution in [-0.4, -0.2) is 0 Å². The summed E-state index contributed by atoms with van der Waals surface area (Å²) in [7, 11) is 0. The zero-order valence-electron chi connectivity index (χ0n) is 11.8. The van der Waals surface area contributed by atoms with E-state index in [2.05, 4.69) is 95.5 Å². The number of nitrogens with one attached hydrogen (secondary N) is 1. The van der Waals surface area contributed by atoms with Gasteiger partial charge in [0, 0.05) is 25.6 Å². The molecule has 0 saturated heterocycles. The molecule has 1 aromatic heterocycles. The van der Waals surface area contributed by atoms with Crippen molar-refractivity contribution in [1.82, 2.24) is 0 Å². The molecule has 0 fully saturated rings. The molecule has 0 amide bonds. The van der Waals surface area contributed by atoms with Crippen LogP contribution in [0.1, 0.15) is 10.4 Å². The summed E-state index contributed by atoms with van der Waals surface area (Å²) in [6.45, 7) is 3.02. The summed E-state index contributed by atoms with van der Waals surface area (Å²) in [6.07, 6.45) is 0. The van der Waals surface area contributed by atoms with Crippen molar-refractivity contribution in [3.63, 3.8) is 0 Å². The van der Waals surface area contributed by atoms with Crippen LogP contribution in [0, 0.1) is 10.5 Å². The van der Waals surface area contributed by atoms with Gasteiger partial charge in [-0.15, -0.1) is 11.3 Å². The van der Waals surface area contributed by atoms with E-state index in [1.807, 2.05) is 11.3 Å². The molecule has 0 aliphatic heterocycles. The van der Waals surface area contributed by atoms with Crippen molar-refractivity contribution in [2.24, 2.45) is 0 Å². The first-order valence-corrected chi connectivity index (χ1v) is 8.76. The Hall–Kier alpha value is -1.33. The van der Waals surface area contributed by atoms with Gasteiger partial charge in [-0.2, -0.15) is 0 Å². The van der Waals surface area contributed by atoms with Gasteiger partial charge < -0.3 is 5.32 Å². The summed E-state index contributed by atoms with van der Waals surface area (Å²) in [5.74, 6) is 0. The largest absolute Gasteiger partial charge is 0.380 e. The second-order valence-electron chi connectivity index (χ2n) is 4.94. The predicted molar refractivity (Wildman–Crippen MR) is 101 cm³/mol. The number of thiophene rings is 1. The molecule has 0 aliphatic rings. The van der Waals surface area contributed by atoms with E-state index in [0.29, 0.717) is 0 Å². The Morgan fingerprint density at radius 2 is 1.81 bits per heavy atom. The van der Waals surface area contributed by atoms with Gasteiger partial charge in [-0.1, -0.05) is 30.3 Å². The molecule has 3 heteroatoms. The highest BCUT2D eigenvalue weighted by Crippen LogP contribution is 2.28. The molecule has 0 atom stereocenters. The van der Waals surface area contributed by atoms with Crippen molar-refractivity contribution in [2.45, 2.75) is 13.5 Å². The normalized spacial score (nSPS) is 10.6. The van der Waals surface area contributed by atoms with Gasteiger partial charge in [0.1, 0.15) is 0 Å². The second kappa shape index (κ2) is 6.62. The third-order valence-electron chi connectivity index (χ3n) is 3.36. The van der Waals surface area contributed by atoms with Crippen LogP contribution in [0.3, 0.4) is 0 Å². The molecule has 0 saturated carbocycles. The summed E-state index contributed by atoms with van der Waals surface area (Å²) in [5.41, 5.74) is 3.80. The molecule has 1 nitrogen and oxygen atoms in total. The molecule has 0 bridgehead atoms. The minimum atomic E-state index is 0.874. The highest BCUT2D eigenvalue weighted by atomic mass is 127. The number of halogens is 1. The van der Waals surface area contributed by atoms with Crippen molar-refractivity contribution >= 4 is 39.6 Å². The average molecular weight is 405 g/mol. The van der Waals surface area contributed by atoms with Crippen LogP contribution >= 0.6 is 33.9 Å². The molecule has 0 aliphatic carbocycles. The first-order chi connectivity index (χ1) is 10.2. The molecular weight excluding hydrogens is 389 g/mol. The van der Waals surface area contributed by atoms with Crippen molar-refractivity contribution in [3.05, 3.63) is 74.7 Å². The lowest BCUT2D eigenvalue weighted by Gasteiger charge is -2.08. The molecule has 21 heavy (non-hydrogen) atoms. The topological polar surface area (TPSA) is 12.0 Å². The minimum Gasteiger partial charge on any atom is -0.380 e. The maximum absolute atomic E-state index is 3.53. The Labute approximate surface area is 143 Å². The molecule has 1 heterocycles. The van der Waals surface area contributed by atoms with Crippen LogP contribution in [0.5, 0.6) is 0 Å². The number of hydrogen-bond donors (Lipinski definition) is 1. The van der Waals surface area contributed by atoms with E-state index in [0.717, 1.165) is 6.54 Å². The van der Waals surface area contributed by atoms with Crippen LogP contribution in [0.4, 0.5) is 5.69 Å². The maximum atomic E-state index is 3.53. The van der Waals surface area contributed by atoms with Gasteiger partial charge in [-0.3, -0.25) is 0 Å². The van der Waals surface area contributed by atoms with Gasteiger partial charge >= 0.3 is 0 Å². The SMILES string of the molecule is Cc1cc(I)ccc1NCc1ccc(-c2ccccc2)s1. The van der Waals surface area contributed by atoms with E-state index in [4.69, 9.17) is 0 Å². The molecule has 106 valence electrons. The minimum absolute atomic E-state index is 0.874. The maximum Gasteiger partial charge on any atom is 0.0494 e. The zero-order chi connectivity index (χ0) is 14.7. The molecular formula is C18H16INS. The molecule has 3 aromatic rings. The van der Waals surface area contributed by atoms with E-state index in [9.17, 15) is 0 Å². The molecule has 1 N–H and O–H groups in total. The van der Waals surface area contributed by atoms with Crippen molar-refractivity contribution in [3.8, 4) is 10.4 Å². The molecule has 0 unspecified atom stereocenters. The van der Waals surface area contributed by atoms with E-state index < -0.39 is 0 Å². The highest BCUT2D eigenvalue weighted by molar-refractivity contribution is 14.1. The van der Waals surface area contributed by atoms with Gasteiger partial charge in [0.15, 0.2) is 0 Å². The van der Waals surface area contributed by atoms with E-state index in [1.165, 1.54) is 30.1 Å². The summed E-state index contributed by atoms with van der Waals surface area (Å²) in [6, 6.07) is 21.5. The lowest BCUT2D eigenvalue weighted by molar-refractivity contribution is 1.18. The van der Waals surface area contributed by atoms with Crippen LogP contribution in [0.15, 0.2) is 60.7 Å². The van der Waals surface area contributed by atoms with Crippen LogP contribution in [0.25, 0.3) is 10.4 Å². The Morgan fingerprint density at radius 1 is 1.00 bits per heavy atom. The number of hydrogen-bond acceptors (Lipinski definition) is 2. The molecule has 3 rings (SSSR count). The fourth-order valence-electron chi connectivity index (χ4n) is 2.24. The van der Waals surface area contributed by atoms with Crippen LogP contribution in [-0.2, 0) is 6.54 Å². The zero-order valence-corrected chi connectivity index (χ0v) is 14.7. The molecule has 2 aromatic carbocycles. The molecule has 0 radical (unpaired) electrons. The van der Waals surface area contributed by atoms with Gasteiger partial charge in [-0.05, 0) is 71.0 Å². The van der Waals surface area contributed by atoms with Gasteiger partial charge in [-0.25, -0.2) is 0 Å². The monoisotopic (exact) mass is 405 g/mol. The number of aryl methyl sites for hydroxylation is 1. The summed E-state index contributed by atoms with van der Waals surface area (Å²) >= 11 is 4.20. The Kier molecular flexibility index (Phi) is 4.60. The lowest BCUT2D eigenvalue weighted by Crippen LogP contribution is -1.99. The van der Waals surface area contributed by atoms with Crippen LogP contribution in [0.2, 0.25) is 0 Å². The lowest BCUT2D eigenvalue weighted by atomic mass is 10.2. The molecule has 0 spiro atoms. The number of rotatable bonds is 4. The summed E-state index contributed by atoms with van der Waals surface area (Å²) in [4.78, 5) is 2.68. The van der Waals surface area contributed by atoms with Crippen molar-refractivity contribution in [1.29, 1.82) is 0 Å².